The molecule has 1 aliphatic heterocycles. The van der Waals surface area contributed by atoms with Gasteiger partial charge in [-0.05, 0) is 72.0 Å². The van der Waals surface area contributed by atoms with Gasteiger partial charge < -0.3 is 9.84 Å². The summed E-state index contributed by atoms with van der Waals surface area (Å²) in [4.78, 5) is 32.7. The van der Waals surface area contributed by atoms with E-state index in [9.17, 15) is 14.7 Å². The summed E-state index contributed by atoms with van der Waals surface area (Å²) < 4.78 is 5.98. The average molecular weight is 519 g/mol. The topological polar surface area (TPSA) is 79.7 Å². The highest BCUT2D eigenvalue weighted by Gasteiger charge is 2.47. The molecule has 1 atom stereocenters. The SMILES string of the molecule is Cc1cc(/C(O)=C2/C(=O)C(=O)N(c3ccc(C(C)C)cc3)C2c2ccccn2)ccc1OCc1ccccc1. The van der Waals surface area contributed by atoms with Crippen molar-refractivity contribution in [1.82, 2.24) is 4.98 Å². The van der Waals surface area contributed by atoms with Crippen LogP contribution in [0.2, 0.25) is 0 Å². The second kappa shape index (κ2) is 11.0. The summed E-state index contributed by atoms with van der Waals surface area (Å²) in [6, 6.07) is 27.1. The van der Waals surface area contributed by atoms with Gasteiger partial charge in [0.1, 0.15) is 24.2 Å². The van der Waals surface area contributed by atoms with Crippen LogP contribution in [-0.2, 0) is 16.2 Å². The quantitative estimate of drug-likeness (QED) is 0.167. The summed E-state index contributed by atoms with van der Waals surface area (Å²) in [7, 11) is 0. The Morgan fingerprint density at radius 1 is 0.949 bits per heavy atom. The highest BCUT2D eigenvalue weighted by molar-refractivity contribution is 6.51. The van der Waals surface area contributed by atoms with Crippen molar-refractivity contribution in [3.05, 3.63) is 131 Å². The van der Waals surface area contributed by atoms with Crippen LogP contribution in [0.15, 0.2) is 103 Å². The van der Waals surface area contributed by atoms with Gasteiger partial charge in [-0.1, -0.05) is 62.4 Å². The van der Waals surface area contributed by atoms with E-state index in [-0.39, 0.29) is 11.3 Å². The Kier molecular flexibility index (Phi) is 7.28. The minimum absolute atomic E-state index is 0.00369. The van der Waals surface area contributed by atoms with Crippen LogP contribution in [0.4, 0.5) is 5.69 Å². The number of amides is 1. The maximum Gasteiger partial charge on any atom is 0.300 e. The van der Waals surface area contributed by atoms with Gasteiger partial charge >= 0.3 is 0 Å². The Hall–Kier alpha value is -4.71. The van der Waals surface area contributed by atoms with E-state index >= 15 is 0 Å². The number of benzene rings is 3. The Morgan fingerprint density at radius 3 is 2.31 bits per heavy atom. The maximum absolute atomic E-state index is 13.4. The van der Waals surface area contributed by atoms with Crippen LogP contribution in [0.1, 0.15) is 53.8 Å². The van der Waals surface area contributed by atoms with E-state index in [1.54, 1.807) is 42.6 Å². The van der Waals surface area contributed by atoms with E-state index in [1.165, 1.54) is 4.90 Å². The largest absolute Gasteiger partial charge is 0.507 e. The minimum Gasteiger partial charge on any atom is -0.507 e. The van der Waals surface area contributed by atoms with Crippen LogP contribution in [0.3, 0.4) is 0 Å². The Balaban J connectivity index is 1.53. The molecule has 0 radical (unpaired) electrons. The number of hydrogen-bond acceptors (Lipinski definition) is 5. The number of aromatic nitrogens is 1. The first-order valence-electron chi connectivity index (χ1n) is 12.9. The summed E-state index contributed by atoms with van der Waals surface area (Å²) in [5.74, 6) is -0.712. The van der Waals surface area contributed by atoms with Crippen molar-refractivity contribution in [1.29, 1.82) is 0 Å². The molecule has 39 heavy (non-hydrogen) atoms. The fraction of sp³-hybridized carbons (Fsp3) is 0.182. The van der Waals surface area contributed by atoms with Crippen LogP contribution >= 0.6 is 0 Å². The lowest BCUT2D eigenvalue weighted by Crippen LogP contribution is -2.29. The van der Waals surface area contributed by atoms with Gasteiger partial charge in [0.25, 0.3) is 11.7 Å². The van der Waals surface area contributed by atoms with E-state index < -0.39 is 17.7 Å². The van der Waals surface area contributed by atoms with Crippen molar-refractivity contribution in [2.45, 2.75) is 39.3 Å². The van der Waals surface area contributed by atoms with Gasteiger partial charge in [-0.25, -0.2) is 0 Å². The lowest BCUT2D eigenvalue weighted by molar-refractivity contribution is -0.132. The average Bonchev–Trinajstić information content (AvgIpc) is 3.23. The third kappa shape index (κ3) is 5.18. The molecule has 1 aromatic heterocycles. The molecule has 6 nitrogen and oxygen atoms in total. The number of carbonyl (C=O) groups excluding carboxylic acids is 2. The Labute approximate surface area is 228 Å². The van der Waals surface area contributed by atoms with Gasteiger partial charge in [-0.2, -0.15) is 0 Å². The summed E-state index contributed by atoms with van der Waals surface area (Å²) in [5.41, 5.74) is 4.44. The van der Waals surface area contributed by atoms with Gasteiger partial charge in [0, 0.05) is 17.4 Å². The molecular weight excluding hydrogens is 488 g/mol. The third-order valence-electron chi connectivity index (χ3n) is 6.94. The lowest BCUT2D eigenvalue weighted by atomic mass is 9.97. The molecule has 3 aromatic carbocycles. The molecule has 0 spiro atoms. The van der Waals surface area contributed by atoms with Crippen LogP contribution in [0, 0.1) is 6.92 Å². The first kappa shape index (κ1) is 25.9. The number of ketones is 1. The Morgan fingerprint density at radius 2 is 1.67 bits per heavy atom. The number of Topliss-reactive ketones (excluding diaryl/α,β-unsaturated/α-hetero) is 1. The molecule has 1 N–H and O–H groups in total. The van der Waals surface area contributed by atoms with Gasteiger partial charge in [0.2, 0.25) is 0 Å². The molecule has 1 saturated heterocycles. The van der Waals surface area contributed by atoms with Crippen molar-refractivity contribution in [2.24, 2.45) is 0 Å². The Bertz CT molecular complexity index is 1530. The molecule has 6 heteroatoms. The molecule has 0 aliphatic carbocycles. The molecule has 1 amide bonds. The van der Waals surface area contributed by atoms with Crippen LogP contribution < -0.4 is 9.64 Å². The molecule has 2 heterocycles. The number of nitrogens with zero attached hydrogens (tertiary/aromatic N) is 2. The van der Waals surface area contributed by atoms with E-state index in [2.05, 4.69) is 18.8 Å². The second-order valence-electron chi connectivity index (χ2n) is 9.92. The van der Waals surface area contributed by atoms with E-state index in [0.29, 0.717) is 35.2 Å². The summed E-state index contributed by atoms with van der Waals surface area (Å²) in [6.45, 7) is 6.47. The summed E-state index contributed by atoms with van der Waals surface area (Å²) in [6.07, 6.45) is 1.61. The zero-order valence-corrected chi connectivity index (χ0v) is 22.2. The molecule has 1 unspecified atom stereocenters. The molecule has 1 aliphatic rings. The molecule has 1 fully saturated rings. The zero-order chi connectivity index (χ0) is 27.5. The first-order chi connectivity index (χ1) is 18.8. The van der Waals surface area contributed by atoms with Gasteiger partial charge in [-0.3, -0.25) is 19.5 Å². The summed E-state index contributed by atoms with van der Waals surface area (Å²) >= 11 is 0. The van der Waals surface area contributed by atoms with Crippen molar-refractivity contribution < 1.29 is 19.4 Å². The molecule has 196 valence electrons. The van der Waals surface area contributed by atoms with Crippen molar-refractivity contribution >= 4 is 23.1 Å². The van der Waals surface area contributed by atoms with Gasteiger partial charge in [-0.15, -0.1) is 0 Å². The molecule has 0 bridgehead atoms. The van der Waals surface area contributed by atoms with Crippen molar-refractivity contribution in [3.63, 3.8) is 0 Å². The van der Waals surface area contributed by atoms with E-state index in [1.807, 2.05) is 61.5 Å². The number of hydrogen-bond donors (Lipinski definition) is 1. The lowest BCUT2D eigenvalue weighted by Gasteiger charge is -2.25. The number of ether oxygens (including phenoxy) is 1. The second-order valence-corrected chi connectivity index (χ2v) is 9.92. The normalized spacial score (nSPS) is 16.6. The third-order valence-corrected chi connectivity index (χ3v) is 6.94. The minimum atomic E-state index is -0.870. The van der Waals surface area contributed by atoms with Crippen LogP contribution in [-0.4, -0.2) is 21.8 Å². The molecule has 0 saturated carbocycles. The predicted octanol–water partition coefficient (Wildman–Crippen LogP) is 6.72. The van der Waals surface area contributed by atoms with Crippen molar-refractivity contribution in [3.8, 4) is 5.75 Å². The molecular formula is C33H30N2O4. The maximum atomic E-state index is 13.4. The van der Waals surface area contributed by atoms with Crippen LogP contribution in [0.5, 0.6) is 5.75 Å². The number of carbonyl (C=O) groups is 2. The highest BCUT2D eigenvalue weighted by atomic mass is 16.5. The molecule has 4 aromatic rings. The number of pyridine rings is 1. The standard InChI is InChI=1S/C33H30N2O4/c1-21(2)24-12-15-26(16-13-24)35-30(27-11-7-8-18-34-27)29(32(37)33(35)38)31(36)25-14-17-28(22(3)19-25)39-20-23-9-5-4-6-10-23/h4-19,21,30,36H,20H2,1-3H3/b31-29-. The zero-order valence-electron chi connectivity index (χ0n) is 22.2. The van der Waals surface area contributed by atoms with Crippen molar-refractivity contribution in [2.75, 3.05) is 4.90 Å². The number of aliphatic hydroxyl groups excluding tert-OH is 1. The predicted molar refractivity (Wildman–Crippen MR) is 152 cm³/mol. The fourth-order valence-corrected chi connectivity index (χ4v) is 4.79. The molecule has 5 rings (SSSR count). The smallest absolute Gasteiger partial charge is 0.300 e. The number of aryl methyl sites for hydroxylation is 1. The van der Waals surface area contributed by atoms with Gasteiger partial charge in [0.15, 0.2) is 0 Å². The van der Waals surface area contributed by atoms with E-state index in [4.69, 9.17) is 4.74 Å². The van der Waals surface area contributed by atoms with E-state index in [0.717, 1.165) is 16.7 Å². The highest BCUT2D eigenvalue weighted by Crippen LogP contribution is 2.42. The number of rotatable bonds is 7. The summed E-state index contributed by atoms with van der Waals surface area (Å²) in [5, 5.41) is 11.5. The fourth-order valence-electron chi connectivity index (χ4n) is 4.79. The van der Waals surface area contributed by atoms with Gasteiger partial charge in [0.05, 0.1) is 11.3 Å². The first-order valence-corrected chi connectivity index (χ1v) is 12.9. The number of anilines is 1. The van der Waals surface area contributed by atoms with Crippen LogP contribution in [0.25, 0.3) is 5.76 Å². The number of aliphatic hydroxyl groups is 1. The monoisotopic (exact) mass is 518 g/mol.